The van der Waals surface area contributed by atoms with Crippen molar-refractivity contribution in [2.75, 3.05) is 0 Å². The monoisotopic (exact) mass is 1290 g/mol. The molecule has 0 radical (unpaired) electrons. The highest BCUT2D eigenvalue weighted by atomic mass is 31.2. The van der Waals surface area contributed by atoms with Crippen LogP contribution in [0.25, 0.3) is 33.4 Å². The van der Waals surface area contributed by atoms with Crippen LogP contribution in [-0.4, -0.2) is 0 Å². The van der Waals surface area contributed by atoms with Gasteiger partial charge in [-0.3, -0.25) is 0 Å². The Morgan fingerprint density at radius 2 is 0.564 bits per heavy atom. The first-order valence-corrected chi connectivity index (χ1v) is 41.9. The normalized spacial score (nSPS) is 24.7. The molecule has 94 heavy (non-hydrogen) atoms. The molecular formula is C88H112O4P2. The summed E-state index contributed by atoms with van der Waals surface area (Å²) in [6, 6.07) is 47.7. The van der Waals surface area contributed by atoms with Crippen molar-refractivity contribution in [2.24, 2.45) is 23.7 Å². The van der Waals surface area contributed by atoms with Crippen molar-refractivity contribution in [3.8, 4) is 56.4 Å². The van der Waals surface area contributed by atoms with Gasteiger partial charge in [-0.05, 0) is 181 Å². The number of benzene rings is 6. The van der Waals surface area contributed by atoms with Crippen molar-refractivity contribution < 1.29 is 18.1 Å². The highest BCUT2D eigenvalue weighted by Gasteiger charge is 2.49. The molecule has 6 aromatic rings. The zero-order valence-electron chi connectivity index (χ0n) is 57.5. The van der Waals surface area contributed by atoms with Crippen LogP contribution in [0.15, 0.2) is 121 Å². The van der Waals surface area contributed by atoms with Gasteiger partial charge in [-0.15, -0.1) is 0 Å². The average molecular weight is 1300 g/mol. The maximum atomic E-state index is 8.62. The molecule has 0 spiro atoms. The van der Waals surface area contributed by atoms with Gasteiger partial charge >= 0.3 is 16.8 Å². The molecule has 8 saturated carbocycles. The van der Waals surface area contributed by atoms with Crippen LogP contribution in [-0.2, 0) is 21.7 Å². The molecule has 0 N–H and O–H groups in total. The van der Waals surface area contributed by atoms with E-state index in [1.807, 2.05) is 0 Å². The Bertz CT molecular complexity index is 3300. The summed E-state index contributed by atoms with van der Waals surface area (Å²) in [4.78, 5) is 0. The third-order valence-corrected chi connectivity index (χ3v) is 30.0. The lowest BCUT2D eigenvalue weighted by Crippen LogP contribution is -2.36. The maximum Gasteiger partial charge on any atom is 0.326 e. The van der Waals surface area contributed by atoms with Crippen LogP contribution in [0.2, 0.25) is 0 Å². The molecule has 6 heteroatoms. The van der Waals surface area contributed by atoms with E-state index < -0.39 is 16.8 Å². The third kappa shape index (κ3) is 13.1. The van der Waals surface area contributed by atoms with Crippen molar-refractivity contribution in [3.63, 3.8) is 0 Å². The zero-order chi connectivity index (χ0) is 62.8. The topological polar surface area (TPSA) is 36.9 Å². The number of fused-ring (bicyclic) bond motifs is 6. The van der Waals surface area contributed by atoms with Gasteiger partial charge in [0.25, 0.3) is 0 Å². The van der Waals surface area contributed by atoms with E-state index in [1.54, 1.807) is 22.3 Å². The maximum absolute atomic E-state index is 8.62. The lowest BCUT2D eigenvalue weighted by Gasteiger charge is -2.46. The quantitative estimate of drug-likeness (QED) is 0.0853. The molecule has 498 valence electrons. The fourth-order valence-corrected chi connectivity index (χ4v) is 25.2. The van der Waals surface area contributed by atoms with Crippen LogP contribution in [0.5, 0.6) is 23.0 Å². The SMILES string of the molecule is c1ccc2c(c1)OP(Oc1c(-c3cc(C4(CC5CCCCC5)CCCCC4)cc(C4(CC5CCCCC5)CCCCC4)c3OP3Oc4ccccc4-c4ccccc43)cc(C3(CC4CCCCC4)CCCCC3)cc1C1(CC3CCCCC3)CCCCC1)c1ccccc1-2. The van der Waals surface area contributed by atoms with Crippen LogP contribution in [0.3, 0.4) is 0 Å². The molecule has 2 aliphatic heterocycles. The first-order valence-electron chi connectivity index (χ1n) is 39.5. The molecule has 8 fully saturated rings. The van der Waals surface area contributed by atoms with E-state index in [9.17, 15) is 0 Å². The lowest BCUT2D eigenvalue weighted by molar-refractivity contribution is 0.194. The van der Waals surface area contributed by atoms with E-state index in [0.29, 0.717) is 0 Å². The summed E-state index contributed by atoms with van der Waals surface area (Å²) in [7, 11) is -3.24. The second-order valence-corrected chi connectivity index (χ2v) is 35.6. The van der Waals surface area contributed by atoms with E-state index in [4.69, 9.17) is 18.1 Å². The van der Waals surface area contributed by atoms with Gasteiger partial charge in [0.15, 0.2) is 0 Å². The summed E-state index contributed by atoms with van der Waals surface area (Å²) in [5.41, 5.74) is 14.0. The van der Waals surface area contributed by atoms with Gasteiger partial charge < -0.3 is 18.1 Å². The van der Waals surface area contributed by atoms with Crippen LogP contribution in [0.1, 0.15) is 305 Å². The van der Waals surface area contributed by atoms with Crippen molar-refractivity contribution in [3.05, 3.63) is 144 Å². The molecule has 8 aliphatic carbocycles. The summed E-state index contributed by atoms with van der Waals surface area (Å²) in [6.07, 6.45) is 58.6. The smallest absolute Gasteiger partial charge is 0.326 e. The van der Waals surface area contributed by atoms with E-state index in [1.165, 1.54) is 327 Å². The molecule has 4 nitrogen and oxygen atoms in total. The molecule has 0 saturated heterocycles. The Balaban J connectivity index is 1.02. The Hall–Kier alpha value is -4.62. The molecule has 10 aliphatic rings. The molecule has 6 aromatic carbocycles. The molecule has 16 rings (SSSR count). The van der Waals surface area contributed by atoms with Gasteiger partial charge in [-0.2, -0.15) is 0 Å². The Labute approximate surface area is 569 Å². The van der Waals surface area contributed by atoms with E-state index in [2.05, 4.69) is 121 Å². The highest BCUT2D eigenvalue weighted by Crippen LogP contribution is 2.64. The minimum atomic E-state index is -1.62. The Kier molecular flexibility index (Phi) is 19.6. The van der Waals surface area contributed by atoms with Gasteiger partial charge in [-0.25, -0.2) is 0 Å². The van der Waals surface area contributed by atoms with Crippen LogP contribution in [0, 0.1) is 23.7 Å². The minimum absolute atomic E-state index is 0.0264. The standard InChI is InChI=1S/C88H112O4P2/c1-9-33-65(34-10-1)61-85(49-25-5-26-50-85)69-57-75(83(77(59-69)87(53-29-7-30-54-87)63-67-37-13-3-14-38-67)91-93-81-47-23-19-43-73(81)71-41-17-21-45-79(71)89-93)76-58-70(86(51-27-6-28-52-86)62-66-35-11-2-12-36-66)60-78(88(55-31-8-32-56-88)64-68-39-15-4-16-40-68)84(76)92-94-82-48-24-20-44-74(82)72-42-18-22-46-80(72)90-94/h17-24,41-48,57-60,65-68H,1-16,25-40,49-56,61-64H2. The van der Waals surface area contributed by atoms with Gasteiger partial charge in [-0.1, -0.05) is 290 Å². The number of rotatable bonds is 17. The molecule has 0 amide bonds. The second kappa shape index (κ2) is 28.7. The van der Waals surface area contributed by atoms with Crippen LogP contribution in [0.4, 0.5) is 0 Å². The fraction of sp³-hybridized carbons (Fsp3) is 0.591. The van der Waals surface area contributed by atoms with E-state index >= 15 is 0 Å². The largest absolute Gasteiger partial charge is 0.435 e. The molecular weight excluding hydrogens is 1180 g/mol. The van der Waals surface area contributed by atoms with Crippen molar-refractivity contribution >= 4 is 27.4 Å². The lowest BCUT2D eigenvalue weighted by atomic mass is 9.59. The minimum Gasteiger partial charge on any atom is -0.435 e. The summed E-state index contributed by atoms with van der Waals surface area (Å²) in [6.45, 7) is 0. The predicted molar refractivity (Wildman–Crippen MR) is 395 cm³/mol. The average Bonchev–Trinajstić information content (AvgIpc) is 0.755. The van der Waals surface area contributed by atoms with E-state index in [0.717, 1.165) is 46.7 Å². The summed E-state index contributed by atoms with van der Waals surface area (Å²) >= 11 is 0. The van der Waals surface area contributed by atoms with E-state index in [-0.39, 0.29) is 21.7 Å². The number of hydrogen-bond acceptors (Lipinski definition) is 4. The third-order valence-electron chi connectivity index (χ3n) is 27.0. The Morgan fingerprint density at radius 3 is 0.904 bits per heavy atom. The van der Waals surface area contributed by atoms with Crippen molar-refractivity contribution in [1.29, 1.82) is 0 Å². The molecule has 2 heterocycles. The second-order valence-electron chi connectivity index (χ2n) is 32.9. The number of hydrogen-bond donors (Lipinski definition) is 0. The van der Waals surface area contributed by atoms with Crippen LogP contribution < -0.4 is 28.7 Å². The highest BCUT2D eigenvalue weighted by molar-refractivity contribution is 7.57. The summed E-state index contributed by atoms with van der Waals surface area (Å²) in [5, 5.41) is 2.40. The molecule has 0 aromatic heterocycles. The Morgan fingerprint density at radius 1 is 0.287 bits per heavy atom. The first-order chi connectivity index (χ1) is 46.4. The first kappa shape index (κ1) is 64.1. The van der Waals surface area contributed by atoms with Gasteiger partial charge in [0.2, 0.25) is 0 Å². The van der Waals surface area contributed by atoms with Crippen LogP contribution >= 0.6 is 16.8 Å². The van der Waals surface area contributed by atoms with Crippen molar-refractivity contribution in [1.82, 2.24) is 0 Å². The van der Waals surface area contributed by atoms with Crippen molar-refractivity contribution in [2.45, 2.75) is 304 Å². The summed E-state index contributed by atoms with van der Waals surface area (Å²) in [5.74, 6) is 7.16. The summed E-state index contributed by atoms with van der Waals surface area (Å²) < 4.78 is 32.4. The van der Waals surface area contributed by atoms with Gasteiger partial charge in [0, 0.05) is 33.4 Å². The molecule has 2 unspecified atom stereocenters. The molecule has 0 bridgehead atoms. The molecule has 2 atom stereocenters. The fourth-order valence-electron chi connectivity index (χ4n) is 22.2. The van der Waals surface area contributed by atoms with Gasteiger partial charge in [0.05, 0.1) is 10.6 Å². The zero-order valence-corrected chi connectivity index (χ0v) is 59.3. The number of para-hydroxylation sites is 2. The van der Waals surface area contributed by atoms with Gasteiger partial charge in [0.1, 0.15) is 23.0 Å². The predicted octanol–water partition coefficient (Wildman–Crippen LogP) is 26.2.